The number of thioether (sulfide) groups is 1. The lowest BCUT2D eigenvalue weighted by atomic mass is 10.2. The quantitative estimate of drug-likeness (QED) is 0.207. The van der Waals surface area contributed by atoms with Crippen LogP contribution in [0.4, 0.5) is 4.39 Å². The van der Waals surface area contributed by atoms with Crippen LogP contribution in [0.1, 0.15) is 18.6 Å². The zero-order valence-corrected chi connectivity index (χ0v) is 20.9. The van der Waals surface area contributed by atoms with Gasteiger partial charge >= 0.3 is 0 Å². The summed E-state index contributed by atoms with van der Waals surface area (Å²) in [5.41, 5.74) is 0.533. The van der Waals surface area contributed by atoms with Crippen molar-refractivity contribution in [3.8, 4) is 5.69 Å². The van der Waals surface area contributed by atoms with Gasteiger partial charge in [0.05, 0.1) is 30.4 Å². The Hall–Kier alpha value is -2.80. The minimum atomic E-state index is -0.418. The zero-order valence-electron chi connectivity index (χ0n) is 18.4. The summed E-state index contributed by atoms with van der Waals surface area (Å²) in [6.45, 7) is 1.49. The van der Waals surface area contributed by atoms with Gasteiger partial charge in [-0.2, -0.15) is 0 Å². The fraction of sp³-hybridized carbons (Fsp3) is 0.304. The molecule has 0 saturated carbocycles. The summed E-state index contributed by atoms with van der Waals surface area (Å²) < 4.78 is 28.5. The number of nitrogens with one attached hydrogen (secondary N) is 1. The fourth-order valence-electron chi connectivity index (χ4n) is 3.80. The molecule has 1 amide bonds. The van der Waals surface area contributed by atoms with E-state index in [2.05, 4.69) is 5.32 Å². The van der Waals surface area contributed by atoms with Crippen LogP contribution in [-0.2, 0) is 16.1 Å². The first-order chi connectivity index (χ1) is 17.0. The number of rotatable bonds is 8. The van der Waals surface area contributed by atoms with Gasteiger partial charge in [-0.15, -0.1) is 0 Å². The summed E-state index contributed by atoms with van der Waals surface area (Å²) in [5.74, 6) is 0.115. The van der Waals surface area contributed by atoms with Crippen molar-refractivity contribution in [2.24, 2.45) is 0 Å². The van der Waals surface area contributed by atoms with Gasteiger partial charge in [-0.3, -0.25) is 18.7 Å². The average molecular weight is 533 g/mol. The normalized spacial score (nSPS) is 15.6. The van der Waals surface area contributed by atoms with E-state index in [1.54, 1.807) is 16.9 Å². The van der Waals surface area contributed by atoms with Crippen molar-refractivity contribution in [3.63, 3.8) is 0 Å². The van der Waals surface area contributed by atoms with Crippen LogP contribution in [-0.4, -0.2) is 45.0 Å². The first-order valence-electron chi connectivity index (χ1n) is 11.0. The first kappa shape index (κ1) is 23.9. The van der Waals surface area contributed by atoms with Crippen LogP contribution in [0.5, 0.6) is 0 Å². The number of hydrogen-bond acceptors (Lipinski definition) is 8. The Morgan fingerprint density at radius 2 is 2.14 bits per heavy atom. The molecule has 1 N–H and O–H groups in total. The monoisotopic (exact) mass is 532 g/mol. The molecule has 0 spiro atoms. The van der Waals surface area contributed by atoms with Crippen LogP contribution >= 0.6 is 35.3 Å². The molecule has 12 heteroatoms. The molecule has 1 aromatic carbocycles. The van der Waals surface area contributed by atoms with E-state index in [-0.39, 0.29) is 23.3 Å². The molecule has 8 nitrogen and oxygen atoms in total. The van der Waals surface area contributed by atoms with E-state index in [4.69, 9.17) is 26.4 Å². The number of benzene rings is 1. The van der Waals surface area contributed by atoms with Crippen LogP contribution in [0.2, 0.25) is 0 Å². The third-order valence-corrected chi connectivity index (χ3v) is 7.89. The number of aromatic nitrogens is 3. The molecular formula is C23H21FN4O4S3. The molecule has 1 saturated heterocycles. The summed E-state index contributed by atoms with van der Waals surface area (Å²) in [6, 6.07) is 9.16. The molecule has 0 bridgehead atoms. The maximum absolute atomic E-state index is 13.6. The smallest absolute Gasteiger partial charge is 0.278 e. The summed E-state index contributed by atoms with van der Waals surface area (Å²) in [6.07, 6.45) is 3.52. The molecule has 1 aliphatic heterocycles. The number of fused-ring (bicyclic) bond motifs is 1. The van der Waals surface area contributed by atoms with Crippen LogP contribution in [0.3, 0.4) is 0 Å². The molecule has 0 unspecified atom stereocenters. The van der Waals surface area contributed by atoms with E-state index in [9.17, 15) is 14.0 Å². The second-order valence-corrected chi connectivity index (χ2v) is 10.5. The first-order valence-corrected chi connectivity index (χ1v) is 13.2. The van der Waals surface area contributed by atoms with Gasteiger partial charge in [-0.1, -0.05) is 23.1 Å². The number of thiazole rings is 1. The topological polar surface area (TPSA) is 91.3 Å². The Balaban J connectivity index is 1.50. The van der Waals surface area contributed by atoms with E-state index >= 15 is 0 Å². The number of carbonyl (C=O) groups is 1. The van der Waals surface area contributed by atoms with Gasteiger partial charge in [0, 0.05) is 13.2 Å². The number of carbonyl (C=O) groups excluding carboxylic acids is 1. The third kappa shape index (κ3) is 5.25. The van der Waals surface area contributed by atoms with E-state index < -0.39 is 5.82 Å². The van der Waals surface area contributed by atoms with Gasteiger partial charge in [0.1, 0.15) is 16.3 Å². The SMILES string of the molecule is O=C(CSc1nc2c(sc(=S)n2Cc2ccco2)c(=O)n1-c1ccc(F)cc1)NC[C@H]1CCCO1. The number of amides is 1. The summed E-state index contributed by atoms with van der Waals surface area (Å²) in [7, 11) is 0. The number of ether oxygens (including phenoxy) is 1. The lowest BCUT2D eigenvalue weighted by Crippen LogP contribution is -2.33. The van der Waals surface area contributed by atoms with Crippen molar-refractivity contribution in [2.45, 2.75) is 30.6 Å². The molecule has 4 aromatic rings. The molecule has 4 heterocycles. The highest BCUT2D eigenvalue weighted by atomic mass is 32.2. The zero-order chi connectivity index (χ0) is 24.4. The summed E-state index contributed by atoms with van der Waals surface area (Å²) >= 11 is 7.81. The number of furan rings is 1. The van der Waals surface area contributed by atoms with Crippen molar-refractivity contribution in [1.82, 2.24) is 19.4 Å². The molecule has 0 radical (unpaired) electrons. The second kappa shape index (κ2) is 10.4. The van der Waals surface area contributed by atoms with Gasteiger partial charge in [-0.25, -0.2) is 9.37 Å². The van der Waals surface area contributed by atoms with E-state index in [0.29, 0.717) is 50.6 Å². The number of nitrogens with zero attached hydrogens (tertiary/aromatic N) is 3. The van der Waals surface area contributed by atoms with E-state index in [1.807, 2.05) is 6.07 Å². The van der Waals surface area contributed by atoms with Crippen molar-refractivity contribution < 1.29 is 18.3 Å². The summed E-state index contributed by atoms with van der Waals surface area (Å²) in [4.78, 5) is 30.8. The van der Waals surface area contributed by atoms with Crippen LogP contribution < -0.4 is 10.9 Å². The highest BCUT2D eigenvalue weighted by Gasteiger charge is 2.21. The fourth-order valence-corrected chi connectivity index (χ4v) is 5.90. The molecule has 3 aromatic heterocycles. The van der Waals surface area contributed by atoms with E-state index in [0.717, 1.165) is 35.9 Å². The maximum atomic E-state index is 13.6. The number of hydrogen-bond donors (Lipinski definition) is 1. The van der Waals surface area contributed by atoms with Gasteiger partial charge in [0.2, 0.25) is 5.91 Å². The van der Waals surface area contributed by atoms with Crippen LogP contribution in [0.15, 0.2) is 57.0 Å². The predicted molar refractivity (Wildman–Crippen MR) is 135 cm³/mol. The van der Waals surface area contributed by atoms with Gasteiger partial charge in [0.25, 0.3) is 5.56 Å². The Kier molecular flexibility index (Phi) is 7.14. The molecule has 35 heavy (non-hydrogen) atoms. The van der Waals surface area contributed by atoms with Crippen molar-refractivity contribution in [2.75, 3.05) is 18.9 Å². The van der Waals surface area contributed by atoms with Crippen molar-refractivity contribution in [3.05, 3.63) is 68.5 Å². The van der Waals surface area contributed by atoms with Crippen LogP contribution in [0.25, 0.3) is 16.0 Å². The Morgan fingerprint density at radius 1 is 1.31 bits per heavy atom. The maximum Gasteiger partial charge on any atom is 0.278 e. The third-order valence-electron chi connectivity index (χ3n) is 5.52. The van der Waals surface area contributed by atoms with Crippen molar-refractivity contribution in [1.29, 1.82) is 0 Å². The molecule has 1 fully saturated rings. The molecule has 0 aliphatic carbocycles. The van der Waals surface area contributed by atoms with E-state index in [1.165, 1.54) is 28.8 Å². The molecule has 182 valence electrons. The Morgan fingerprint density at radius 3 is 2.86 bits per heavy atom. The average Bonchev–Trinajstić information content (AvgIpc) is 3.61. The summed E-state index contributed by atoms with van der Waals surface area (Å²) in [5, 5.41) is 3.18. The predicted octanol–water partition coefficient (Wildman–Crippen LogP) is 4.15. The highest BCUT2D eigenvalue weighted by Crippen LogP contribution is 2.26. The van der Waals surface area contributed by atoms with Gasteiger partial charge < -0.3 is 14.5 Å². The molecule has 1 aliphatic rings. The second-order valence-electron chi connectivity index (χ2n) is 7.93. The van der Waals surface area contributed by atoms with Gasteiger partial charge in [0.15, 0.2) is 14.8 Å². The standard InChI is InChI=1S/C23H21FN4O4S3/c24-14-5-7-15(8-6-14)28-21(30)19-20(27(23(33)35-19)12-17-4-2-10-32-17)26-22(28)34-13-18(29)25-11-16-3-1-9-31-16/h2,4-8,10,16H,1,3,9,11-13H2,(H,25,29)/t16-/m1/s1. The Bertz CT molecular complexity index is 1460. The lowest BCUT2D eigenvalue weighted by Gasteiger charge is -2.13. The van der Waals surface area contributed by atoms with Crippen LogP contribution in [0, 0.1) is 9.77 Å². The largest absolute Gasteiger partial charge is 0.467 e. The number of halogens is 1. The molecule has 1 atom stereocenters. The van der Waals surface area contributed by atoms with Gasteiger partial charge in [-0.05, 0) is 61.5 Å². The van der Waals surface area contributed by atoms with Crippen molar-refractivity contribution >= 4 is 51.6 Å². The Labute approximate surface area is 212 Å². The minimum Gasteiger partial charge on any atom is -0.467 e. The molecular weight excluding hydrogens is 511 g/mol. The molecule has 5 rings (SSSR count). The minimum absolute atomic E-state index is 0.0349. The lowest BCUT2D eigenvalue weighted by molar-refractivity contribution is -0.119. The highest BCUT2D eigenvalue weighted by molar-refractivity contribution is 7.99.